The number of carbonyl (C=O) groups is 1. The maximum Gasteiger partial charge on any atom is 0.328 e. The predicted octanol–water partition coefficient (Wildman–Crippen LogP) is 3.54. The minimum absolute atomic E-state index is 0.308. The summed E-state index contributed by atoms with van der Waals surface area (Å²) in [4.78, 5) is 12.7. The van der Waals surface area contributed by atoms with Gasteiger partial charge >= 0.3 is 5.97 Å². The second-order valence-corrected chi connectivity index (χ2v) is 4.91. The van der Waals surface area contributed by atoms with Gasteiger partial charge in [-0.05, 0) is 43.7 Å². The van der Waals surface area contributed by atoms with Crippen LogP contribution in [0.4, 0.5) is 4.39 Å². The summed E-state index contributed by atoms with van der Waals surface area (Å²) in [5.74, 6) is -1.49. The van der Waals surface area contributed by atoms with Gasteiger partial charge in [0.1, 0.15) is 5.82 Å². The normalized spacial score (nSPS) is 11.7. The fourth-order valence-corrected chi connectivity index (χ4v) is 2.31. The smallest absolute Gasteiger partial charge is 0.328 e. The fourth-order valence-electron chi connectivity index (χ4n) is 2.31. The van der Waals surface area contributed by atoms with Gasteiger partial charge < -0.3 is 5.11 Å². The maximum absolute atomic E-state index is 13.6. The number of halogens is 1. The van der Waals surface area contributed by atoms with Crippen molar-refractivity contribution in [3.8, 4) is 0 Å². The molecule has 1 N–H and O–H groups in total. The highest BCUT2D eigenvalue weighted by Crippen LogP contribution is 2.16. The second-order valence-electron chi connectivity index (χ2n) is 4.91. The van der Waals surface area contributed by atoms with Crippen LogP contribution in [0.25, 0.3) is 6.08 Å². The highest BCUT2D eigenvalue weighted by Gasteiger charge is 2.11. The number of carboxylic acids is 1. The third-order valence-corrected chi connectivity index (χ3v) is 3.46. The molecule has 1 aromatic rings. The zero-order valence-corrected chi connectivity index (χ0v) is 12.3. The molecule has 0 aliphatic rings. The van der Waals surface area contributed by atoms with Gasteiger partial charge in [-0.15, -0.1) is 0 Å². The average molecular weight is 279 g/mol. The van der Waals surface area contributed by atoms with Crippen molar-refractivity contribution < 1.29 is 14.3 Å². The van der Waals surface area contributed by atoms with E-state index in [1.165, 1.54) is 12.1 Å². The maximum atomic E-state index is 13.6. The number of hydrogen-bond donors (Lipinski definition) is 1. The fraction of sp³-hybridized carbons (Fsp3) is 0.438. The molecule has 0 spiro atoms. The Hall–Kier alpha value is -1.68. The number of hydrogen-bond acceptors (Lipinski definition) is 2. The van der Waals surface area contributed by atoms with Crippen molar-refractivity contribution >= 4 is 12.0 Å². The zero-order valence-electron chi connectivity index (χ0n) is 12.3. The summed E-state index contributed by atoms with van der Waals surface area (Å²) < 4.78 is 13.6. The van der Waals surface area contributed by atoms with E-state index < -0.39 is 11.8 Å². The summed E-state index contributed by atoms with van der Waals surface area (Å²) in [5, 5.41) is 8.60. The lowest BCUT2D eigenvalue weighted by Crippen LogP contribution is -2.29. The van der Waals surface area contributed by atoms with Crippen LogP contribution >= 0.6 is 0 Å². The first-order chi connectivity index (χ1) is 9.47. The monoisotopic (exact) mass is 279 g/mol. The lowest BCUT2D eigenvalue weighted by atomic mass is 10.1. The third-order valence-electron chi connectivity index (χ3n) is 3.46. The molecule has 0 radical (unpaired) electrons. The summed E-state index contributed by atoms with van der Waals surface area (Å²) in [6.45, 7) is 5.02. The molecule has 0 saturated carbocycles. The average Bonchev–Trinajstić information content (AvgIpc) is 2.40. The molecule has 20 heavy (non-hydrogen) atoms. The molecule has 0 unspecified atom stereocenters. The third kappa shape index (κ3) is 4.78. The van der Waals surface area contributed by atoms with Crippen LogP contribution in [0.15, 0.2) is 24.3 Å². The topological polar surface area (TPSA) is 40.5 Å². The molecule has 0 bridgehead atoms. The first-order valence-electron chi connectivity index (χ1n) is 6.87. The number of benzene rings is 1. The molecule has 0 heterocycles. The number of nitrogens with zero attached hydrogens (tertiary/aromatic N) is 1. The molecule has 0 fully saturated rings. The van der Waals surface area contributed by atoms with Gasteiger partial charge in [0.2, 0.25) is 0 Å². The van der Waals surface area contributed by atoms with Gasteiger partial charge in [-0.2, -0.15) is 0 Å². The highest BCUT2D eigenvalue weighted by molar-refractivity contribution is 5.85. The Morgan fingerprint density at radius 1 is 1.40 bits per heavy atom. The lowest BCUT2D eigenvalue weighted by molar-refractivity contribution is -0.131. The Morgan fingerprint density at radius 3 is 2.60 bits per heavy atom. The van der Waals surface area contributed by atoms with Crippen LogP contribution in [-0.2, 0) is 11.3 Å². The second kappa shape index (κ2) is 7.80. The van der Waals surface area contributed by atoms with Crippen LogP contribution in [0, 0.1) is 5.82 Å². The van der Waals surface area contributed by atoms with E-state index >= 15 is 0 Å². The molecular weight excluding hydrogens is 257 g/mol. The Bertz CT molecular complexity index is 481. The van der Waals surface area contributed by atoms with Gasteiger partial charge in [-0.3, -0.25) is 4.90 Å². The van der Waals surface area contributed by atoms with E-state index in [0.717, 1.165) is 31.0 Å². The number of carboxylic acid groups (broad SMARTS) is 1. The molecular formula is C16H22FNO2. The SMILES string of the molecule is CCC(CC)N(C)Cc1ccc(F)c(C=CC(=O)O)c1. The molecule has 1 rings (SSSR count). The first-order valence-corrected chi connectivity index (χ1v) is 6.87. The van der Waals surface area contributed by atoms with Crippen LogP contribution in [-0.4, -0.2) is 29.1 Å². The van der Waals surface area contributed by atoms with E-state index in [2.05, 4.69) is 18.7 Å². The molecule has 0 aliphatic carbocycles. The molecule has 0 aromatic heterocycles. The summed E-state index contributed by atoms with van der Waals surface area (Å²) in [6.07, 6.45) is 4.38. The first kappa shape index (κ1) is 16.4. The van der Waals surface area contributed by atoms with Gasteiger partial charge in [0, 0.05) is 24.2 Å². The van der Waals surface area contributed by atoms with E-state index in [9.17, 15) is 9.18 Å². The Balaban J connectivity index is 2.87. The van der Waals surface area contributed by atoms with Crippen LogP contribution in [0.1, 0.15) is 37.8 Å². The standard InChI is InChI=1S/C16H22FNO2/c1-4-14(5-2)18(3)11-12-6-8-15(17)13(10-12)7-9-16(19)20/h6-10,14H,4-5,11H2,1-3H3,(H,19,20). The Labute approximate surface area is 119 Å². The molecule has 4 heteroatoms. The molecule has 3 nitrogen and oxygen atoms in total. The van der Waals surface area contributed by atoms with Crippen molar-refractivity contribution in [2.24, 2.45) is 0 Å². The van der Waals surface area contributed by atoms with Crippen molar-refractivity contribution in [1.82, 2.24) is 4.90 Å². The van der Waals surface area contributed by atoms with Gasteiger partial charge in [0.25, 0.3) is 0 Å². The summed E-state index contributed by atoms with van der Waals surface area (Å²) in [7, 11) is 2.05. The van der Waals surface area contributed by atoms with Gasteiger partial charge in [-0.1, -0.05) is 19.9 Å². The van der Waals surface area contributed by atoms with E-state index in [-0.39, 0.29) is 0 Å². The van der Waals surface area contributed by atoms with Gasteiger partial charge in [0.05, 0.1) is 0 Å². The van der Waals surface area contributed by atoms with Crippen molar-refractivity contribution in [3.63, 3.8) is 0 Å². The number of aliphatic carboxylic acids is 1. The van der Waals surface area contributed by atoms with E-state index in [1.807, 2.05) is 7.05 Å². The minimum Gasteiger partial charge on any atom is -0.478 e. The van der Waals surface area contributed by atoms with E-state index in [4.69, 9.17) is 5.11 Å². The minimum atomic E-state index is -1.08. The van der Waals surface area contributed by atoms with E-state index in [0.29, 0.717) is 11.6 Å². The lowest BCUT2D eigenvalue weighted by Gasteiger charge is -2.26. The molecule has 0 aliphatic heterocycles. The van der Waals surface area contributed by atoms with Gasteiger partial charge in [0.15, 0.2) is 0 Å². The quantitative estimate of drug-likeness (QED) is 0.776. The summed E-state index contributed by atoms with van der Waals surface area (Å²) >= 11 is 0. The number of rotatable bonds is 7. The van der Waals surface area contributed by atoms with Crippen molar-refractivity contribution in [2.75, 3.05) is 7.05 Å². The molecule has 110 valence electrons. The van der Waals surface area contributed by atoms with Crippen LogP contribution in [0.5, 0.6) is 0 Å². The van der Waals surface area contributed by atoms with Crippen molar-refractivity contribution in [1.29, 1.82) is 0 Å². The van der Waals surface area contributed by atoms with E-state index in [1.54, 1.807) is 12.1 Å². The molecule has 1 aromatic carbocycles. The predicted molar refractivity (Wildman–Crippen MR) is 78.9 cm³/mol. The Kier molecular flexibility index (Phi) is 6.39. The molecule has 0 atom stereocenters. The summed E-state index contributed by atoms with van der Waals surface area (Å²) in [5.41, 5.74) is 1.29. The summed E-state index contributed by atoms with van der Waals surface area (Å²) in [6, 6.07) is 5.33. The Morgan fingerprint density at radius 2 is 2.05 bits per heavy atom. The zero-order chi connectivity index (χ0) is 15.1. The van der Waals surface area contributed by atoms with Crippen molar-refractivity contribution in [2.45, 2.75) is 39.3 Å². The van der Waals surface area contributed by atoms with Crippen LogP contribution in [0.3, 0.4) is 0 Å². The van der Waals surface area contributed by atoms with Crippen LogP contribution < -0.4 is 0 Å². The van der Waals surface area contributed by atoms with Gasteiger partial charge in [-0.25, -0.2) is 9.18 Å². The highest BCUT2D eigenvalue weighted by atomic mass is 19.1. The van der Waals surface area contributed by atoms with Crippen LogP contribution in [0.2, 0.25) is 0 Å². The molecule has 0 amide bonds. The largest absolute Gasteiger partial charge is 0.478 e. The van der Waals surface area contributed by atoms with Crippen molar-refractivity contribution in [3.05, 3.63) is 41.2 Å². The molecule has 0 saturated heterocycles.